The molecule has 2 aromatic carbocycles. The highest BCUT2D eigenvalue weighted by molar-refractivity contribution is 5.75. The fourth-order valence-corrected chi connectivity index (χ4v) is 3.73. The van der Waals surface area contributed by atoms with Crippen LogP contribution < -0.4 is 0 Å². The van der Waals surface area contributed by atoms with Crippen LogP contribution in [0.1, 0.15) is 46.5 Å². The van der Waals surface area contributed by atoms with Crippen molar-refractivity contribution in [1.29, 1.82) is 10.5 Å². The lowest BCUT2D eigenvalue weighted by atomic mass is 9.90. The molecule has 0 amide bonds. The van der Waals surface area contributed by atoms with Crippen LogP contribution in [0.5, 0.6) is 0 Å². The topological polar surface area (TPSA) is 69.7 Å². The number of nitriles is 2. The Morgan fingerprint density at radius 1 is 1.09 bits per heavy atom. The Labute approximate surface area is 201 Å². The van der Waals surface area contributed by atoms with E-state index in [-0.39, 0.29) is 12.7 Å². The maximum absolute atomic E-state index is 9.79. The van der Waals surface area contributed by atoms with Gasteiger partial charge in [0.25, 0.3) is 0 Å². The maximum Gasteiger partial charge on any atom is 0.108 e. The van der Waals surface area contributed by atoms with Crippen LogP contribution in [0.2, 0.25) is 0 Å². The first-order valence-corrected chi connectivity index (χ1v) is 11.0. The van der Waals surface area contributed by atoms with Crippen molar-refractivity contribution in [2.24, 2.45) is 0 Å². The van der Waals surface area contributed by atoms with E-state index in [0.29, 0.717) is 11.1 Å². The number of hydrogen-bond acceptors (Lipinski definition) is 4. The van der Waals surface area contributed by atoms with E-state index in [0.717, 1.165) is 33.5 Å². The van der Waals surface area contributed by atoms with Crippen LogP contribution in [-0.2, 0) is 11.3 Å². The van der Waals surface area contributed by atoms with Crippen molar-refractivity contribution in [3.8, 4) is 23.3 Å². The Hall–Kier alpha value is -4.25. The SMILES string of the molecule is C=C/C=C\C(=C/C)C(OCc1ccc(C#N)cn1)c1ccc(C#N)c(-c2cccc(C)c2C)c1. The summed E-state index contributed by atoms with van der Waals surface area (Å²) in [7, 11) is 0. The lowest BCUT2D eigenvalue weighted by Crippen LogP contribution is -2.08. The molecule has 0 radical (unpaired) electrons. The summed E-state index contributed by atoms with van der Waals surface area (Å²) in [5, 5.41) is 18.8. The monoisotopic (exact) mass is 445 g/mol. The van der Waals surface area contributed by atoms with E-state index in [4.69, 9.17) is 10.00 Å². The molecule has 1 unspecified atom stereocenters. The summed E-state index contributed by atoms with van der Waals surface area (Å²) in [6.45, 7) is 10.2. The molecule has 0 aliphatic carbocycles. The van der Waals surface area contributed by atoms with E-state index in [2.05, 4.69) is 43.6 Å². The fraction of sp³-hybridized carbons (Fsp3) is 0.167. The molecule has 3 aromatic rings. The second kappa shape index (κ2) is 11.6. The normalized spacial score (nSPS) is 12.2. The van der Waals surface area contributed by atoms with E-state index in [9.17, 15) is 5.26 Å². The third-order valence-corrected chi connectivity index (χ3v) is 5.77. The number of ether oxygens (including phenoxy) is 1. The van der Waals surface area contributed by atoms with Crippen LogP contribution in [0.25, 0.3) is 11.1 Å². The number of aryl methyl sites for hydroxylation is 1. The van der Waals surface area contributed by atoms with Crippen LogP contribution in [0.15, 0.2) is 91.2 Å². The zero-order chi connectivity index (χ0) is 24.5. The molecule has 0 aliphatic heterocycles. The van der Waals surface area contributed by atoms with Crippen molar-refractivity contribution in [2.45, 2.75) is 33.5 Å². The molecular formula is C30H27N3O. The van der Waals surface area contributed by atoms with Crippen molar-refractivity contribution in [2.75, 3.05) is 0 Å². The molecule has 1 atom stereocenters. The fourth-order valence-electron chi connectivity index (χ4n) is 3.73. The summed E-state index contributed by atoms with van der Waals surface area (Å²) in [6.07, 6.45) is 8.74. The van der Waals surface area contributed by atoms with E-state index >= 15 is 0 Å². The van der Waals surface area contributed by atoms with Gasteiger partial charge in [0, 0.05) is 11.8 Å². The smallest absolute Gasteiger partial charge is 0.108 e. The molecule has 0 saturated carbocycles. The van der Waals surface area contributed by atoms with Gasteiger partial charge in [-0.2, -0.15) is 10.5 Å². The second-order valence-electron chi connectivity index (χ2n) is 7.89. The van der Waals surface area contributed by atoms with Crippen LogP contribution in [0, 0.1) is 36.5 Å². The largest absolute Gasteiger partial charge is 0.363 e. The first-order chi connectivity index (χ1) is 16.5. The van der Waals surface area contributed by atoms with Gasteiger partial charge in [-0.1, -0.05) is 55.1 Å². The van der Waals surface area contributed by atoms with Gasteiger partial charge in [-0.15, -0.1) is 0 Å². The minimum absolute atomic E-state index is 0.272. The lowest BCUT2D eigenvalue weighted by Gasteiger charge is -2.21. The summed E-state index contributed by atoms with van der Waals surface area (Å²) in [5.41, 5.74) is 8.00. The zero-order valence-corrected chi connectivity index (χ0v) is 19.7. The standard InChI is InChI=1S/C30H27N3O/c1-5-7-10-24(6-2)30(34-20-27-15-12-23(17-31)19-33-27)25-13-14-26(18-32)29(16-25)28-11-8-9-21(3)22(28)4/h5-16,19,30H,1,20H2,2-4H3/b10-7-,24-6+. The number of benzene rings is 2. The van der Waals surface area contributed by atoms with Crippen molar-refractivity contribution in [1.82, 2.24) is 4.98 Å². The van der Waals surface area contributed by atoms with Gasteiger partial charge in [0.2, 0.25) is 0 Å². The predicted molar refractivity (Wildman–Crippen MR) is 136 cm³/mol. The molecule has 0 aliphatic rings. The predicted octanol–water partition coefficient (Wildman–Crippen LogP) is 7.06. The van der Waals surface area contributed by atoms with Gasteiger partial charge in [0.15, 0.2) is 0 Å². The van der Waals surface area contributed by atoms with Crippen LogP contribution in [-0.4, -0.2) is 4.98 Å². The quantitative estimate of drug-likeness (QED) is 0.348. The molecule has 4 nitrogen and oxygen atoms in total. The van der Waals surface area contributed by atoms with Crippen LogP contribution in [0.4, 0.5) is 0 Å². The van der Waals surface area contributed by atoms with Crippen molar-refractivity contribution >= 4 is 0 Å². The first kappa shape index (κ1) is 24.4. The van der Waals surface area contributed by atoms with Gasteiger partial charge in [0.05, 0.1) is 29.5 Å². The molecule has 0 fully saturated rings. The molecule has 0 spiro atoms. The molecule has 1 heterocycles. The number of rotatable bonds is 8. The Morgan fingerprint density at radius 2 is 1.91 bits per heavy atom. The van der Waals surface area contributed by atoms with Gasteiger partial charge < -0.3 is 4.74 Å². The summed E-state index contributed by atoms with van der Waals surface area (Å²) >= 11 is 0. The number of pyridine rings is 1. The highest BCUT2D eigenvalue weighted by atomic mass is 16.5. The Balaban J connectivity index is 2.06. The minimum atomic E-state index is -0.379. The molecule has 34 heavy (non-hydrogen) atoms. The number of nitrogens with zero attached hydrogens (tertiary/aromatic N) is 3. The Morgan fingerprint density at radius 3 is 2.56 bits per heavy atom. The molecule has 0 N–H and O–H groups in total. The van der Waals surface area contributed by atoms with E-state index in [1.54, 1.807) is 24.4 Å². The van der Waals surface area contributed by atoms with Gasteiger partial charge >= 0.3 is 0 Å². The minimum Gasteiger partial charge on any atom is -0.363 e. The third-order valence-electron chi connectivity index (χ3n) is 5.77. The van der Waals surface area contributed by atoms with E-state index < -0.39 is 0 Å². The number of hydrogen-bond donors (Lipinski definition) is 0. The summed E-state index contributed by atoms with van der Waals surface area (Å²) in [6, 6.07) is 19.9. The van der Waals surface area contributed by atoms with Crippen LogP contribution in [0.3, 0.4) is 0 Å². The van der Waals surface area contributed by atoms with E-state index in [1.807, 2.05) is 55.5 Å². The summed E-state index contributed by atoms with van der Waals surface area (Å²) < 4.78 is 6.37. The number of aromatic nitrogens is 1. The molecule has 0 saturated heterocycles. The Kier molecular flexibility index (Phi) is 8.30. The number of allylic oxidation sites excluding steroid dienone is 3. The van der Waals surface area contributed by atoms with Crippen molar-refractivity contribution in [3.63, 3.8) is 0 Å². The summed E-state index contributed by atoms with van der Waals surface area (Å²) in [4.78, 5) is 4.33. The average molecular weight is 446 g/mol. The molecule has 4 heteroatoms. The first-order valence-electron chi connectivity index (χ1n) is 11.0. The molecule has 3 rings (SSSR count). The zero-order valence-electron chi connectivity index (χ0n) is 19.7. The molecule has 1 aromatic heterocycles. The Bertz CT molecular complexity index is 1320. The van der Waals surface area contributed by atoms with Gasteiger partial charge in [-0.25, -0.2) is 0 Å². The highest BCUT2D eigenvalue weighted by Crippen LogP contribution is 2.34. The molecule has 168 valence electrons. The van der Waals surface area contributed by atoms with Crippen molar-refractivity contribution < 1.29 is 4.74 Å². The van der Waals surface area contributed by atoms with Crippen molar-refractivity contribution in [3.05, 3.63) is 125 Å². The second-order valence-corrected chi connectivity index (χ2v) is 7.89. The average Bonchev–Trinajstić information content (AvgIpc) is 2.87. The highest BCUT2D eigenvalue weighted by Gasteiger charge is 2.19. The van der Waals surface area contributed by atoms with Gasteiger partial charge in [0.1, 0.15) is 12.2 Å². The molecular weight excluding hydrogens is 418 g/mol. The summed E-state index contributed by atoms with van der Waals surface area (Å²) in [5.74, 6) is 0. The lowest BCUT2D eigenvalue weighted by molar-refractivity contribution is 0.0640. The third kappa shape index (κ3) is 5.56. The van der Waals surface area contributed by atoms with E-state index in [1.165, 1.54) is 5.56 Å². The molecule has 0 bridgehead atoms. The van der Waals surface area contributed by atoms with Gasteiger partial charge in [-0.3, -0.25) is 4.98 Å². The maximum atomic E-state index is 9.79. The van der Waals surface area contributed by atoms with Crippen LogP contribution >= 0.6 is 0 Å². The van der Waals surface area contributed by atoms with Gasteiger partial charge in [-0.05, 0) is 72.9 Å².